The van der Waals surface area contributed by atoms with Crippen LogP contribution in [0.2, 0.25) is 0 Å². The molecule has 0 atom stereocenters. The average molecular weight is 263 g/mol. The standard InChI is InChI=1S/C15H21NO3/c1-15(2,19-4)14(17)16-10-6-8-11-7-5-9-12(18-3)13(11)16/h5,7,9H,6,8,10H2,1-4H3. The Bertz CT molecular complexity index is 468. The molecule has 0 N–H and O–H groups in total. The first-order valence-corrected chi connectivity index (χ1v) is 6.54. The van der Waals surface area contributed by atoms with Gasteiger partial charge in [0.05, 0.1) is 12.8 Å². The van der Waals surface area contributed by atoms with E-state index in [1.807, 2.05) is 12.1 Å². The van der Waals surface area contributed by atoms with Gasteiger partial charge in [-0.25, -0.2) is 0 Å². The maximum atomic E-state index is 12.6. The van der Waals surface area contributed by atoms with Gasteiger partial charge in [-0.3, -0.25) is 4.79 Å². The van der Waals surface area contributed by atoms with E-state index in [1.54, 1.807) is 33.0 Å². The van der Waals surface area contributed by atoms with Gasteiger partial charge < -0.3 is 14.4 Å². The van der Waals surface area contributed by atoms with Crippen molar-refractivity contribution < 1.29 is 14.3 Å². The number of aryl methyl sites for hydroxylation is 1. The maximum absolute atomic E-state index is 12.6. The number of benzene rings is 1. The number of para-hydroxylation sites is 1. The van der Waals surface area contributed by atoms with Crippen LogP contribution >= 0.6 is 0 Å². The highest BCUT2D eigenvalue weighted by Gasteiger charge is 2.35. The van der Waals surface area contributed by atoms with E-state index in [0.717, 1.165) is 29.8 Å². The minimum absolute atomic E-state index is 0.0274. The highest BCUT2D eigenvalue weighted by molar-refractivity contribution is 6.01. The molecular weight excluding hydrogens is 242 g/mol. The summed E-state index contributed by atoms with van der Waals surface area (Å²) in [4.78, 5) is 14.4. The molecule has 1 amide bonds. The Morgan fingerprint density at radius 2 is 2.05 bits per heavy atom. The molecule has 1 aromatic carbocycles. The van der Waals surface area contributed by atoms with E-state index >= 15 is 0 Å². The van der Waals surface area contributed by atoms with Crippen LogP contribution in [-0.4, -0.2) is 32.3 Å². The molecule has 0 spiro atoms. The third-order valence-electron chi connectivity index (χ3n) is 3.67. The third-order valence-corrected chi connectivity index (χ3v) is 3.67. The van der Waals surface area contributed by atoms with Gasteiger partial charge in [-0.2, -0.15) is 0 Å². The van der Waals surface area contributed by atoms with Gasteiger partial charge in [-0.1, -0.05) is 12.1 Å². The molecule has 2 rings (SSSR count). The molecule has 1 heterocycles. The number of nitrogens with zero attached hydrogens (tertiary/aromatic N) is 1. The van der Waals surface area contributed by atoms with E-state index in [4.69, 9.17) is 9.47 Å². The van der Waals surface area contributed by atoms with Crippen molar-refractivity contribution in [2.75, 3.05) is 25.7 Å². The molecule has 0 unspecified atom stereocenters. The van der Waals surface area contributed by atoms with Gasteiger partial charge in [-0.05, 0) is 38.3 Å². The lowest BCUT2D eigenvalue weighted by molar-refractivity contribution is -0.136. The van der Waals surface area contributed by atoms with Gasteiger partial charge in [0.15, 0.2) is 0 Å². The zero-order valence-electron chi connectivity index (χ0n) is 12.0. The summed E-state index contributed by atoms with van der Waals surface area (Å²) in [6, 6.07) is 5.91. The molecule has 0 aromatic heterocycles. The van der Waals surface area contributed by atoms with E-state index < -0.39 is 5.60 Å². The largest absolute Gasteiger partial charge is 0.495 e. The topological polar surface area (TPSA) is 38.8 Å². The van der Waals surface area contributed by atoms with Crippen molar-refractivity contribution in [3.8, 4) is 5.75 Å². The molecular formula is C15H21NO3. The SMILES string of the molecule is COc1cccc2c1N(C(=O)C(C)(C)OC)CCC2. The number of amides is 1. The lowest BCUT2D eigenvalue weighted by atomic mass is 9.98. The Morgan fingerprint density at radius 3 is 2.68 bits per heavy atom. The van der Waals surface area contributed by atoms with Crippen LogP contribution in [0.1, 0.15) is 25.8 Å². The highest BCUT2D eigenvalue weighted by atomic mass is 16.5. The minimum atomic E-state index is -0.824. The molecule has 104 valence electrons. The van der Waals surface area contributed by atoms with Crippen molar-refractivity contribution in [3.63, 3.8) is 0 Å². The Labute approximate surface area is 114 Å². The Kier molecular flexibility index (Phi) is 3.80. The fraction of sp³-hybridized carbons (Fsp3) is 0.533. The Morgan fingerprint density at radius 1 is 1.32 bits per heavy atom. The van der Waals surface area contributed by atoms with E-state index in [2.05, 4.69) is 6.07 Å². The molecule has 19 heavy (non-hydrogen) atoms. The summed E-state index contributed by atoms with van der Waals surface area (Å²) >= 11 is 0. The van der Waals surface area contributed by atoms with Crippen LogP contribution in [-0.2, 0) is 16.0 Å². The monoisotopic (exact) mass is 263 g/mol. The first kappa shape index (κ1) is 13.9. The van der Waals surface area contributed by atoms with E-state index in [-0.39, 0.29) is 5.91 Å². The molecule has 4 nitrogen and oxygen atoms in total. The summed E-state index contributed by atoms with van der Waals surface area (Å²) in [7, 11) is 3.19. The zero-order chi connectivity index (χ0) is 14.0. The number of methoxy groups -OCH3 is 2. The number of anilines is 1. The second kappa shape index (κ2) is 5.21. The molecule has 0 saturated carbocycles. The van der Waals surface area contributed by atoms with Gasteiger partial charge in [0, 0.05) is 13.7 Å². The van der Waals surface area contributed by atoms with Gasteiger partial charge in [0.25, 0.3) is 5.91 Å². The number of rotatable bonds is 3. The minimum Gasteiger partial charge on any atom is -0.495 e. The van der Waals surface area contributed by atoms with Crippen LogP contribution in [0.3, 0.4) is 0 Å². The van der Waals surface area contributed by atoms with Crippen molar-refractivity contribution in [1.29, 1.82) is 0 Å². The molecule has 0 bridgehead atoms. The fourth-order valence-electron chi connectivity index (χ4n) is 2.40. The highest BCUT2D eigenvalue weighted by Crippen LogP contribution is 2.37. The molecule has 0 radical (unpaired) electrons. The third kappa shape index (κ3) is 2.45. The predicted molar refractivity (Wildman–Crippen MR) is 74.8 cm³/mol. The lowest BCUT2D eigenvalue weighted by Gasteiger charge is -2.35. The van der Waals surface area contributed by atoms with Crippen molar-refractivity contribution in [3.05, 3.63) is 23.8 Å². The van der Waals surface area contributed by atoms with Crippen molar-refractivity contribution in [2.45, 2.75) is 32.3 Å². The molecule has 1 aromatic rings. The van der Waals surface area contributed by atoms with Crippen LogP contribution in [0.15, 0.2) is 18.2 Å². The molecule has 0 saturated heterocycles. The predicted octanol–water partition coefficient (Wildman–Crippen LogP) is 2.40. The van der Waals surface area contributed by atoms with Gasteiger partial charge in [0.1, 0.15) is 11.4 Å². The number of carbonyl (C=O) groups is 1. The zero-order valence-corrected chi connectivity index (χ0v) is 12.0. The quantitative estimate of drug-likeness (QED) is 0.840. The van der Waals surface area contributed by atoms with Crippen molar-refractivity contribution >= 4 is 11.6 Å². The first-order valence-electron chi connectivity index (χ1n) is 6.54. The van der Waals surface area contributed by atoms with Gasteiger partial charge in [-0.15, -0.1) is 0 Å². The number of ether oxygens (including phenoxy) is 2. The van der Waals surface area contributed by atoms with Crippen LogP contribution in [0.25, 0.3) is 0 Å². The van der Waals surface area contributed by atoms with E-state index in [1.165, 1.54) is 0 Å². The number of hydrogen-bond acceptors (Lipinski definition) is 3. The average Bonchev–Trinajstić information content (AvgIpc) is 2.45. The van der Waals surface area contributed by atoms with Crippen LogP contribution < -0.4 is 9.64 Å². The lowest BCUT2D eigenvalue weighted by Crippen LogP contribution is -2.48. The van der Waals surface area contributed by atoms with Crippen LogP contribution in [0.5, 0.6) is 5.75 Å². The molecule has 4 heteroatoms. The summed E-state index contributed by atoms with van der Waals surface area (Å²) in [5.74, 6) is 0.720. The second-order valence-corrected chi connectivity index (χ2v) is 5.24. The number of carbonyl (C=O) groups excluding carboxylic acids is 1. The van der Waals surface area contributed by atoms with E-state index in [9.17, 15) is 4.79 Å². The summed E-state index contributed by atoms with van der Waals surface area (Å²) in [5, 5.41) is 0. The van der Waals surface area contributed by atoms with Crippen molar-refractivity contribution in [2.24, 2.45) is 0 Å². The smallest absolute Gasteiger partial charge is 0.258 e. The Hall–Kier alpha value is -1.55. The molecule has 0 fully saturated rings. The molecule has 1 aliphatic heterocycles. The molecule has 0 aliphatic carbocycles. The summed E-state index contributed by atoms with van der Waals surface area (Å²) in [6.07, 6.45) is 1.94. The normalized spacial score (nSPS) is 15.1. The molecule has 1 aliphatic rings. The first-order chi connectivity index (χ1) is 9.01. The van der Waals surface area contributed by atoms with Gasteiger partial charge in [0.2, 0.25) is 0 Å². The van der Waals surface area contributed by atoms with Gasteiger partial charge >= 0.3 is 0 Å². The van der Waals surface area contributed by atoms with Crippen LogP contribution in [0, 0.1) is 0 Å². The van der Waals surface area contributed by atoms with E-state index in [0.29, 0.717) is 6.54 Å². The number of fused-ring (bicyclic) bond motifs is 1. The Balaban J connectivity index is 2.45. The summed E-state index contributed by atoms with van der Waals surface area (Å²) in [5.41, 5.74) is 1.23. The number of hydrogen-bond donors (Lipinski definition) is 0. The van der Waals surface area contributed by atoms with Crippen molar-refractivity contribution in [1.82, 2.24) is 0 Å². The summed E-state index contributed by atoms with van der Waals surface area (Å²) in [6.45, 7) is 4.29. The second-order valence-electron chi connectivity index (χ2n) is 5.24. The van der Waals surface area contributed by atoms with Crippen LogP contribution in [0.4, 0.5) is 5.69 Å². The summed E-state index contributed by atoms with van der Waals surface area (Å²) < 4.78 is 10.7. The maximum Gasteiger partial charge on any atom is 0.258 e. The fourth-order valence-corrected chi connectivity index (χ4v) is 2.40.